The second-order valence-corrected chi connectivity index (χ2v) is 8.30. The molecular formula is C22H31N5O3. The standard InChI is InChI=1S/C22H31N5O3/c1-15-11-17(13-24-22(15)29-3)27-19-7-10-30-9-6-18(19)20(25-27)21(28)23-12-16-5-4-8-26(2)14-16/h11,13,16H,4-10,12,14H2,1-3H3,(H,23,28). The van der Waals surface area contributed by atoms with E-state index in [2.05, 4.69) is 22.2 Å². The highest BCUT2D eigenvalue weighted by atomic mass is 16.5. The van der Waals surface area contributed by atoms with E-state index in [1.807, 2.05) is 17.7 Å². The first kappa shape index (κ1) is 20.8. The molecule has 0 bridgehead atoms. The number of rotatable bonds is 5. The van der Waals surface area contributed by atoms with Crippen molar-refractivity contribution in [2.45, 2.75) is 32.6 Å². The molecule has 0 aliphatic carbocycles. The third-order valence-electron chi connectivity index (χ3n) is 6.01. The average Bonchev–Trinajstić information content (AvgIpc) is 2.93. The van der Waals surface area contributed by atoms with Gasteiger partial charge < -0.3 is 19.7 Å². The molecule has 2 aliphatic rings. The Kier molecular flexibility index (Phi) is 6.34. The fourth-order valence-corrected chi connectivity index (χ4v) is 4.48. The molecule has 0 spiro atoms. The van der Waals surface area contributed by atoms with Crippen LogP contribution in [0, 0.1) is 12.8 Å². The molecule has 0 aromatic carbocycles. The third-order valence-corrected chi connectivity index (χ3v) is 6.01. The van der Waals surface area contributed by atoms with E-state index < -0.39 is 0 Å². The molecule has 1 saturated heterocycles. The maximum absolute atomic E-state index is 13.1. The Balaban J connectivity index is 1.60. The topological polar surface area (TPSA) is 81.5 Å². The molecule has 0 saturated carbocycles. The van der Waals surface area contributed by atoms with E-state index in [1.165, 1.54) is 6.42 Å². The number of aromatic nitrogens is 3. The first-order valence-electron chi connectivity index (χ1n) is 10.7. The summed E-state index contributed by atoms with van der Waals surface area (Å²) in [5, 5.41) is 7.87. The van der Waals surface area contributed by atoms with Gasteiger partial charge in [-0.25, -0.2) is 9.67 Å². The van der Waals surface area contributed by atoms with Crippen LogP contribution in [0.15, 0.2) is 12.3 Å². The second-order valence-electron chi connectivity index (χ2n) is 8.30. The number of aryl methyl sites for hydroxylation is 1. The number of nitrogens with zero attached hydrogens (tertiary/aromatic N) is 4. The predicted molar refractivity (Wildman–Crippen MR) is 113 cm³/mol. The number of piperidine rings is 1. The normalized spacial score (nSPS) is 19.8. The first-order valence-corrected chi connectivity index (χ1v) is 10.7. The number of hydrogen-bond acceptors (Lipinski definition) is 6. The van der Waals surface area contributed by atoms with Crippen molar-refractivity contribution < 1.29 is 14.3 Å². The van der Waals surface area contributed by atoms with E-state index in [0.29, 0.717) is 50.1 Å². The minimum Gasteiger partial charge on any atom is -0.481 e. The van der Waals surface area contributed by atoms with Crippen molar-refractivity contribution >= 4 is 5.91 Å². The van der Waals surface area contributed by atoms with E-state index in [9.17, 15) is 4.79 Å². The summed E-state index contributed by atoms with van der Waals surface area (Å²) >= 11 is 0. The summed E-state index contributed by atoms with van der Waals surface area (Å²) in [6.07, 6.45) is 5.48. The molecule has 30 heavy (non-hydrogen) atoms. The molecule has 1 atom stereocenters. The van der Waals surface area contributed by atoms with E-state index >= 15 is 0 Å². The lowest BCUT2D eigenvalue weighted by molar-refractivity contribution is 0.0929. The smallest absolute Gasteiger partial charge is 0.272 e. The Morgan fingerprint density at radius 2 is 2.20 bits per heavy atom. The average molecular weight is 414 g/mol. The van der Waals surface area contributed by atoms with Crippen LogP contribution in [-0.4, -0.2) is 72.6 Å². The predicted octanol–water partition coefficient (Wildman–Crippen LogP) is 1.77. The van der Waals surface area contributed by atoms with Crippen LogP contribution < -0.4 is 10.1 Å². The number of hydrogen-bond donors (Lipinski definition) is 1. The van der Waals surface area contributed by atoms with Gasteiger partial charge in [-0.05, 0) is 51.8 Å². The lowest BCUT2D eigenvalue weighted by Crippen LogP contribution is -2.39. The highest BCUT2D eigenvalue weighted by Gasteiger charge is 2.26. The zero-order chi connectivity index (χ0) is 21.1. The van der Waals surface area contributed by atoms with Crippen LogP contribution in [0.3, 0.4) is 0 Å². The number of pyridine rings is 1. The van der Waals surface area contributed by atoms with Crippen LogP contribution in [0.5, 0.6) is 5.88 Å². The first-order chi connectivity index (χ1) is 14.6. The molecule has 2 aromatic heterocycles. The monoisotopic (exact) mass is 413 g/mol. The van der Waals surface area contributed by atoms with E-state index in [1.54, 1.807) is 13.3 Å². The molecule has 1 unspecified atom stereocenters. The fraction of sp³-hybridized carbons (Fsp3) is 0.591. The summed E-state index contributed by atoms with van der Waals surface area (Å²) in [6, 6.07) is 1.99. The highest BCUT2D eigenvalue weighted by Crippen LogP contribution is 2.25. The van der Waals surface area contributed by atoms with Crippen LogP contribution in [0.2, 0.25) is 0 Å². The molecule has 1 N–H and O–H groups in total. The summed E-state index contributed by atoms with van der Waals surface area (Å²) in [5.41, 5.74) is 4.28. The third kappa shape index (κ3) is 4.34. The van der Waals surface area contributed by atoms with Crippen molar-refractivity contribution in [1.29, 1.82) is 0 Å². The molecule has 2 aromatic rings. The number of carbonyl (C=O) groups excluding carboxylic acids is 1. The van der Waals surface area contributed by atoms with Crippen molar-refractivity contribution in [2.24, 2.45) is 5.92 Å². The van der Waals surface area contributed by atoms with Gasteiger partial charge in [0.2, 0.25) is 5.88 Å². The SMILES string of the molecule is COc1ncc(-n2nc(C(=O)NCC3CCCN(C)C3)c3c2CCOCC3)cc1C. The number of nitrogens with one attached hydrogen (secondary N) is 1. The quantitative estimate of drug-likeness (QED) is 0.805. The Morgan fingerprint density at radius 1 is 1.37 bits per heavy atom. The van der Waals surface area contributed by atoms with Crippen molar-refractivity contribution in [3.63, 3.8) is 0 Å². The zero-order valence-corrected chi connectivity index (χ0v) is 18.1. The fourth-order valence-electron chi connectivity index (χ4n) is 4.48. The molecule has 1 amide bonds. The molecule has 162 valence electrons. The number of carbonyl (C=O) groups is 1. The molecule has 4 rings (SSSR count). The van der Waals surface area contributed by atoms with Gasteiger partial charge in [-0.2, -0.15) is 5.10 Å². The van der Waals surface area contributed by atoms with Gasteiger partial charge in [-0.1, -0.05) is 0 Å². The number of amides is 1. The molecule has 0 radical (unpaired) electrons. The zero-order valence-electron chi connectivity index (χ0n) is 18.1. The molecule has 2 aliphatic heterocycles. The van der Waals surface area contributed by atoms with E-state index in [4.69, 9.17) is 14.6 Å². The Bertz CT molecular complexity index is 910. The maximum atomic E-state index is 13.1. The molecule has 4 heterocycles. The van der Waals surface area contributed by atoms with Gasteiger partial charge in [0.15, 0.2) is 5.69 Å². The van der Waals surface area contributed by atoms with Crippen molar-refractivity contribution in [1.82, 2.24) is 25.0 Å². The lowest BCUT2D eigenvalue weighted by Gasteiger charge is -2.29. The minimum absolute atomic E-state index is 0.0988. The van der Waals surface area contributed by atoms with Crippen LogP contribution in [0.1, 0.15) is 40.2 Å². The number of methoxy groups -OCH3 is 1. The summed E-state index contributed by atoms with van der Waals surface area (Å²) in [4.78, 5) is 19.8. The molecule has 8 nitrogen and oxygen atoms in total. The number of fused-ring (bicyclic) bond motifs is 1. The van der Waals surface area contributed by atoms with Crippen molar-refractivity contribution in [3.05, 3.63) is 34.8 Å². The lowest BCUT2D eigenvalue weighted by atomic mass is 9.98. The number of likely N-dealkylation sites (tertiary alicyclic amines) is 1. The van der Waals surface area contributed by atoms with Crippen LogP contribution in [0.4, 0.5) is 0 Å². The van der Waals surface area contributed by atoms with Gasteiger partial charge in [-0.3, -0.25) is 4.79 Å². The second kappa shape index (κ2) is 9.14. The molecule has 8 heteroatoms. The Morgan fingerprint density at radius 3 is 2.97 bits per heavy atom. The summed E-state index contributed by atoms with van der Waals surface area (Å²) in [6.45, 7) is 6.03. The van der Waals surface area contributed by atoms with Gasteiger partial charge >= 0.3 is 0 Å². The van der Waals surface area contributed by atoms with E-state index in [0.717, 1.165) is 42.0 Å². The van der Waals surface area contributed by atoms with E-state index in [-0.39, 0.29) is 5.91 Å². The van der Waals surface area contributed by atoms with Crippen LogP contribution in [-0.2, 0) is 17.6 Å². The maximum Gasteiger partial charge on any atom is 0.272 e. The van der Waals surface area contributed by atoms with Gasteiger partial charge in [0.25, 0.3) is 5.91 Å². The molecular weight excluding hydrogens is 382 g/mol. The van der Waals surface area contributed by atoms with Crippen molar-refractivity contribution in [2.75, 3.05) is 47.0 Å². The minimum atomic E-state index is -0.0988. The summed E-state index contributed by atoms with van der Waals surface area (Å²) < 4.78 is 12.8. The van der Waals surface area contributed by atoms with Gasteiger partial charge in [-0.15, -0.1) is 0 Å². The van der Waals surface area contributed by atoms with Gasteiger partial charge in [0, 0.05) is 30.6 Å². The summed E-state index contributed by atoms with van der Waals surface area (Å²) in [7, 11) is 3.75. The van der Waals surface area contributed by atoms with Crippen LogP contribution in [0.25, 0.3) is 5.69 Å². The largest absolute Gasteiger partial charge is 0.481 e. The Labute approximate surface area is 177 Å². The highest BCUT2D eigenvalue weighted by molar-refractivity contribution is 5.94. The number of ether oxygens (including phenoxy) is 2. The van der Waals surface area contributed by atoms with Gasteiger partial charge in [0.1, 0.15) is 0 Å². The molecule has 1 fully saturated rings. The Hall–Kier alpha value is -2.45. The summed E-state index contributed by atoms with van der Waals surface area (Å²) in [5.74, 6) is 0.985. The van der Waals surface area contributed by atoms with Crippen molar-refractivity contribution in [3.8, 4) is 11.6 Å². The van der Waals surface area contributed by atoms with Gasteiger partial charge in [0.05, 0.1) is 37.9 Å². The van der Waals surface area contributed by atoms with Crippen LogP contribution >= 0.6 is 0 Å².